The summed E-state index contributed by atoms with van der Waals surface area (Å²) in [4.78, 5) is 12.1. The van der Waals surface area contributed by atoms with Crippen molar-refractivity contribution in [1.29, 1.82) is 0 Å². The van der Waals surface area contributed by atoms with Gasteiger partial charge in [-0.05, 0) is 25.7 Å². The van der Waals surface area contributed by atoms with Crippen LogP contribution in [-0.4, -0.2) is 37.4 Å². The number of carbonyl (C=O) groups excluding carboxylic acids is 1. The van der Waals surface area contributed by atoms with Crippen LogP contribution >= 0.6 is 15.9 Å². The van der Waals surface area contributed by atoms with Crippen LogP contribution in [0.3, 0.4) is 0 Å². The van der Waals surface area contributed by atoms with Gasteiger partial charge in [0.1, 0.15) is 0 Å². The van der Waals surface area contributed by atoms with E-state index < -0.39 is 6.29 Å². The van der Waals surface area contributed by atoms with Crippen LogP contribution in [0, 0.1) is 23.7 Å². The van der Waals surface area contributed by atoms with E-state index in [4.69, 9.17) is 14.2 Å². The molecule has 0 saturated heterocycles. The number of hydrogen-bond donors (Lipinski definition) is 0. The Hall–Kier alpha value is -1.01. The molecular formula is C27H45BrO4. The van der Waals surface area contributed by atoms with Gasteiger partial charge in [-0.3, -0.25) is 4.79 Å². The summed E-state index contributed by atoms with van der Waals surface area (Å²) >= 11 is 3.44. The van der Waals surface area contributed by atoms with Crippen LogP contribution in [0.15, 0.2) is 0 Å². The van der Waals surface area contributed by atoms with Crippen LogP contribution in [0.5, 0.6) is 0 Å². The number of rotatable bonds is 20. The Balaban J connectivity index is 4.15. The lowest BCUT2D eigenvalue weighted by molar-refractivity contribution is -0.157. The highest BCUT2D eigenvalue weighted by Crippen LogP contribution is 2.09. The van der Waals surface area contributed by atoms with Gasteiger partial charge in [0.2, 0.25) is 0 Å². The smallest absolute Gasteiger partial charge is 0.305 e. The number of ether oxygens (including phenoxy) is 3. The van der Waals surface area contributed by atoms with Crippen LogP contribution in [0.2, 0.25) is 0 Å². The summed E-state index contributed by atoms with van der Waals surface area (Å²) in [7, 11) is 0. The molecule has 0 aromatic rings. The Morgan fingerprint density at radius 2 is 1.25 bits per heavy atom. The van der Waals surface area contributed by atoms with Crippen LogP contribution in [0.4, 0.5) is 0 Å². The van der Waals surface area contributed by atoms with Crippen LogP contribution in [-0.2, 0) is 19.0 Å². The molecule has 4 nitrogen and oxygen atoms in total. The van der Waals surface area contributed by atoms with E-state index in [0.29, 0.717) is 45.5 Å². The highest BCUT2D eigenvalue weighted by Gasteiger charge is 2.13. The van der Waals surface area contributed by atoms with Gasteiger partial charge in [0.25, 0.3) is 0 Å². The Labute approximate surface area is 206 Å². The second kappa shape index (κ2) is 26.2. The molecule has 0 aliphatic carbocycles. The molecule has 0 bridgehead atoms. The van der Waals surface area contributed by atoms with E-state index in [-0.39, 0.29) is 5.97 Å². The van der Waals surface area contributed by atoms with Crippen molar-refractivity contribution in [3.8, 4) is 23.7 Å². The monoisotopic (exact) mass is 512 g/mol. The minimum Gasteiger partial charge on any atom is -0.466 e. The maximum Gasteiger partial charge on any atom is 0.305 e. The lowest BCUT2D eigenvalue weighted by atomic mass is 10.2. The highest BCUT2D eigenvalue weighted by atomic mass is 79.9. The van der Waals surface area contributed by atoms with E-state index in [1.165, 1.54) is 19.3 Å². The van der Waals surface area contributed by atoms with E-state index in [2.05, 4.69) is 53.5 Å². The molecule has 0 spiro atoms. The van der Waals surface area contributed by atoms with E-state index >= 15 is 0 Å². The molecule has 0 radical (unpaired) electrons. The highest BCUT2D eigenvalue weighted by molar-refractivity contribution is 9.09. The van der Waals surface area contributed by atoms with E-state index in [9.17, 15) is 4.79 Å². The summed E-state index contributed by atoms with van der Waals surface area (Å²) < 4.78 is 17.0. The van der Waals surface area contributed by atoms with Crippen LogP contribution in [0.25, 0.3) is 0 Å². The van der Waals surface area contributed by atoms with Gasteiger partial charge in [0, 0.05) is 37.4 Å². The Morgan fingerprint density at radius 1 is 0.719 bits per heavy atom. The number of esters is 1. The zero-order valence-corrected chi connectivity index (χ0v) is 22.1. The molecule has 0 N–H and O–H groups in total. The van der Waals surface area contributed by atoms with Gasteiger partial charge in [-0.25, -0.2) is 0 Å². The number of halogens is 1. The third-order valence-corrected chi connectivity index (χ3v) is 5.31. The molecule has 0 aliphatic heterocycles. The number of hydrogen-bond acceptors (Lipinski definition) is 4. The molecule has 0 fully saturated rings. The average Bonchev–Trinajstić information content (AvgIpc) is 2.80. The standard InChI is InChI=1S/C27H45BrO4/c1-3-5-7-9-13-18-24-31-27(32-25-19-14-10-8-6-4-2)21-20-26(29)30-23-17-15-11-12-16-22-28/h27H,3-8,11-12,15-25H2,1-2H3. The minimum atomic E-state index is -0.415. The SMILES string of the molecule is CCCCC#CCCOC(CCC(=O)OCCCCCCCBr)OCCC#CCCCC. The zero-order chi connectivity index (χ0) is 23.5. The largest absolute Gasteiger partial charge is 0.466 e. The van der Waals surface area contributed by atoms with Crippen molar-refractivity contribution < 1.29 is 19.0 Å². The van der Waals surface area contributed by atoms with Gasteiger partial charge in [0.15, 0.2) is 6.29 Å². The van der Waals surface area contributed by atoms with Crippen LogP contribution < -0.4 is 0 Å². The number of unbranched alkanes of at least 4 members (excludes halogenated alkanes) is 8. The normalized spacial score (nSPS) is 10.4. The van der Waals surface area contributed by atoms with E-state index in [1.54, 1.807) is 0 Å². The molecule has 32 heavy (non-hydrogen) atoms. The van der Waals surface area contributed by atoms with Gasteiger partial charge in [0.05, 0.1) is 26.2 Å². The third kappa shape index (κ3) is 23.6. The first-order chi connectivity index (χ1) is 15.7. The predicted molar refractivity (Wildman–Crippen MR) is 137 cm³/mol. The van der Waals surface area contributed by atoms with Crippen molar-refractivity contribution in [1.82, 2.24) is 0 Å². The van der Waals surface area contributed by atoms with Gasteiger partial charge in [-0.1, -0.05) is 61.9 Å². The Kier molecular flexibility index (Phi) is 25.4. The molecular weight excluding hydrogens is 468 g/mol. The zero-order valence-electron chi connectivity index (χ0n) is 20.5. The van der Waals surface area contributed by atoms with Crippen molar-refractivity contribution in [3.05, 3.63) is 0 Å². The summed E-state index contributed by atoms with van der Waals surface area (Å²) in [6, 6.07) is 0. The molecule has 0 rings (SSSR count). The molecule has 0 heterocycles. The van der Waals surface area contributed by atoms with Gasteiger partial charge >= 0.3 is 5.97 Å². The molecule has 0 amide bonds. The summed E-state index contributed by atoms with van der Waals surface area (Å²) in [5.41, 5.74) is 0. The maximum absolute atomic E-state index is 12.1. The van der Waals surface area contributed by atoms with Crippen molar-refractivity contribution in [2.75, 3.05) is 25.2 Å². The minimum absolute atomic E-state index is 0.179. The van der Waals surface area contributed by atoms with Crippen molar-refractivity contribution in [3.63, 3.8) is 0 Å². The van der Waals surface area contributed by atoms with E-state index in [0.717, 1.165) is 56.7 Å². The van der Waals surface area contributed by atoms with Crippen LogP contribution in [0.1, 0.15) is 110 Å². The lowest BCUT2D eigenvalue weighted by Gasteiger charge is -2.17. The summed E-state index contributed by atoms with van der Waals surface area (Å²) in [6.45, 7) is 5.85. The first-order valence-corrected chi connectivity index (χ1v) is 13.7. The summed E-state index contributed by atoms with van der Waals surface area (Å²) in [5.74, 6) is 12.4. The molecule has 0 aromatic heterocycles. The number of carbonyl (C=O) groups is 1. The lowest BCUT2D eigenvalue weighted by Crippen LogP contribution is -2.20. The quantitative estimate of drug-likeness (QED) is 0.0569. The molecule has 184 valence electrons. The van der Waals surface area contributed by atoms with Gasteiger partial charge in [-0.2, -0.15) is 0 Å². The topological polar surface area (TPSA) is 44.8 Å². The molecule has 0 aromatic carbocycles. The van der Waals surface area contributed by atoms with Gasteiger partial charge < -0.3 is 14.2 Å². The van der Waals surface area contributed by atoms with Crippen molar-refractivity contribution in [2.24, 2.45) is 0 Å². The fraction of sp³-hybridized carbons (Fsp3) is 0.815. The fourth-order valence-corrected chi connectivity index (χ4v) is 3.20. The van der Waals surface area contributed by atoms with E-state index in [1.807, 2.05) is 0 Å². The molecule has 0 atom stereocenters. The molecule has 0 aliphatic rings. The summed E-state index contributed by atoms with van der Waals surface area (Å²) in [5, 5.41) is 1.06. The average molecular weight is 514 g/mol. The maximum atomic E-state index is 12.1. The molecule has 0 unspecified atom stereocenters. The second-order valence-electron chi connectivity index (χ2n) is 7.80. The molecule has 0 saturated carbocycles. The van der Waals surface area contributed by atoms with Gasteiger partial charge in [-0.15, -0.1) is 23.7 Å². The predicted octanol–water partition coefficient (Wildman–Crippen LogP) is 7.18. The summed E-state index contributed by atoms with van der Waals surface area (Å²) in [6.07, 6.45) is 13.9. The first kappa shape index (κ1) is 31.0. The van der Waals surface area contributed by atoms with Crippen molar-refractivity contribution in [2.45, 2.75) is 116 Å². The second-order valence-corrected chi connectivity index (χ2v) is 8.59. The molecule has 5 heteroatoms. The number of alkyl halides is 1. The fourth-order valence-electron chi connectivity index (χ4n) is 2.80. The first-order valence-electron chi connectivity index (χ1n) is 12.6. The third-order valence-electron chi connectivity index (χ3n) is 4.75. The Bertz CT molecular complexity index is 509. The Morgan fingerprint density at radius 3 is 1.81 bits per heavy atom. The van der Waals surface area contributed by atoms with Crippen molar-refractivity contribution >= 4 is 21.9 Å².